The number of nitrogens with one attached hydrogen (secondary N) is 1. The molecule has 0 saturated heterocycles. The third-order valence-corrected chi connectivity index (χ3v) is 2.87. The molecular formula is C13H13N5O. The van der Waals surface area contributed by atoms with Crippen LogP contribution in [0.25, 0.3) is 11.2 Å². The first-order valence-electron chi connectivity index (χ1n) is 5.84. The van der Waals surface area contributed by atoms with E-state index in [-0.39, 0.29) is 0 Å². The van der Waals surface area contributed by atoms with Crippen LogP contribution < -0.4 is 10.5 Å². The molecule has 0 bridgehead atoms. The van der Waals surface area contributed by atoms with Crippen molar-refractivity contribution in [1.82, 2.24) is 19.9 Å². The highest BCUT2D eigenvalue weighted by atomic mass is 16.5. The lowest BCUT2D eigenvalue weighted by molar-refractivity contribution is 0.414. The molecule has 0 atom stereocenters. The summed E-state index contributed by atoms with van der Waals surface area (Å²) in [5, 5.41) is 0. The van der Waals surface area contributed by atoms with Crippen LogP contribution in [0.3, 0.4) is 0 Å². The second kappa shape index (κ2) is 4.56. The molecule has 3 N–H and O–H groups in total. The van der Waals surface area contributed by atoms with Crippen LogP contribution in [0.1, 0.15) is 11.4 Å². The zero-order chi connectivity index (χ0) is 13.2. The van der Waals surface area contributed by atoms with Gasteiger partial charge in [-0.25, -0.2) is 15.0 Å². The van der Waals surface area contributed by atoms with Gasteiger partial charge in [0.25, 0.3) is 0 Å². The minimum atomic E-state index is 0.398. The van der Waals surface area contributed by atoms with Crippen molar-refractivity contribution >= 4 is 17.0 Å². The van der Waals surface area contributed by atoms with Crippen molar-refractivity contribution in [2.24, 2.45) is 0 Å². The molecule has 3 rings (SSSR count). The second-order valence-corrected chi connectivity index (χ2v) is 4.15. The van der Waals surface area contributed by atoms with Crippen molar-refractivity contribution in [2.45, 2.75) is 6.42 Å². The van der Waals surface area contributed by atoms with E-state index in [4.69, 9.17) is 10.5 Å². The second-order valence-electron chi connectivity index (χ2n) is 4.15. The lowest BCUT2D eigenvalue weighted by Crippen LogP contribution is -2.01. The van der Waals surface area contributed by atoms with E-state index >= 15 is 0 Å². The van der Waals surface area contributed by atoms with Crippen LogP contribution in [0.5, 0.6) is 5.75 Å². The molecule has 19 heavy (non-hydrogen) atoms. The van der Waals surface area contributed by atoms with Crippen LogP contribution in [-0.2, 0) is 6.42 Å². The Bertz CT molecular complexity index is 705. The first kappa shape index (κ1) is 11.5. The molecule has 0 unspecified atom stereocenters. The van der Waals surface area contributed by atoms with E-state index in [1.165, 1.54) is 0 Å². The summed E-state index contributed by atoms with van der Waals surface area (Å²) in [6.45, 7) is 0. The minimum absolute atomic E-state index is 0.398. The molecule has 6 heteroatoms. The van der Waals surface area contributed by atoms with Crippen molar-refractivity contribution in [3.8, 4) is 5.75 Å². The van der Waals surface area contributed by atoms with E-state index in [9.17, 15) is 0 Å². The molecule has 2 aromatic heterocycles. The molecule has 3 aromatic rings. The lowest BCUT2D eigenvalue weighted by atomic mass is 10.1. The molecule has 0 spiro atoms. The van der Waals surface area contributed by atoms with Gasteiger partial charge >= 0.3 is 0 Å². The summed E-state index contributed by atoms with van der Waals surface area (Å²) < 4.78 is 5.12. The molecule has 0 radical (unpaired) electrons. The van der Waals surface area contributed by atoms with Crippen LogP contribution >= 0.6 is 0 Å². The van der Waals surface area contributed by atoms with Crippen molar-refractivity contribution in [1.29, 1.82) is 0 Å². The molecule has 2 heterocycles. The van der Waals surface area contributed by atoms with Crippen LogP contribution in [-0.4, -0.2) is 27.0 Å². The Balaban J connectivity index is 1.91. The maximum atomic E-state index is 5.85. The third kappa shape index (κ3) is 2.20. The number of ether oxygens (including phenoxy) is 1. The number of imidazole rings is 1. The van der Waals surface area contributed by atoms with Gasteiger partial charge in [-0.2, -0.15) is 0 Å². The van der Waals surface area contributed by atoms with Gasteiger partial charge in [-0.1, -0.05) is 12.1 Å². The number of aromatic nitrogens is 4. The summed E-state index contributed by atoms with van der Waals surface area (Å²) in [4.78, 5) is 15.7. The van der Waals surface area contributed by atoms with Crippen LogP contribution in [0.15, 0.2) is 30.6 Å². The van der Waals surface area contributed by atoms with Crippen molar-refractivity contribution < 1.29 is 4.74 Å². The maximum Gasteiger partial charge on any atom is 0.163 e. The average molecular weight is 255 g/mol. The number of anilines is 1. The number of nitrogens with zero attached hydrogens (tertiary/aromatic N) is 3. The predicted octanol–water partition coefficient (Wildman–Crippen LogP) is 1.53. The van der Waals surface area contributed by atoms with E-state index in [1.54, 1.807) is 13.4 Å². The zero-order valence-corrected chi connectivity index (χ0v) is 10.4. The Morgan fingerprint density at radius 2 is 2.00 bits per heavy atom. The first-order chi connectivity index (χ1) is 9.26. The SMILES string of the molecule is COc1ccc(Cc2nc(N)c3nc[nH]c3n2)cc1. The van der Waals surface area contributed by atoms with Crippen molar-refractivity contribution in [3.63, 3.8) is 0 Å². The number of aromatic amines is 1. The summed E-state index contributed by atoms with van der Waals surface area (Å²) in [5.74, 6) is 1.89. The molecular weight excluding hydrogens is 242 g/mol. The summed E-state index contributed by atoms with van der Waals surface area (Å²) in [6, 6.07) is 7.78. The Morgan fingerprint density at radius 1 is 1.21 bits per heavy atom. The van der Waals surface area contributed by atoms with Crippen molar-refractivity contribution in [3.05, 3.63) is 42.0 Å². The van der Waals surface area contributed by atoms with E-state index in [2.05, 4.69) is 19.9 Å². The molecule has 96 valence electrons. The molecule has 0 aliphatic heterocycles. The number of hydrogen-bond acceptors (Lipinski definition) is 5. The number of benzene rings is 1. The van der Waals surface area contributed by atoms with E-state index in [0.29, 0.717) is 29.2 Å². The number of H-pyrrole nitrogens is 1. The fourth-order valence-electron chi connectivity index (χ4n) is 1.91. The monoisotopic (exact) mass is 255 g/mol. The smallest absolute Gasteiger partial charge is 0.163 e. The third-order valence-electron chi connectivity index (χ3n) is 2.87. The van der Waals surface area contributed by atoms with Gasteiger partial charge < -0.3 is 15.5 Å². The zero-order valence-electron chi connectivity index (χ0n) is 10.4. The number of methoxy groups -OCH3 is 1. The van der Waals surface area contributed by atoms with Crippen LogP contribution in [0.2, 0.25) is 0 Å². The summed E-state index contributed by atoms with van der Waals surface area (Å²) in [7, 11) is 1.64. The molecule has 0 aliphatic carbocycles. The molecule has 1 aromatic carbocycles. The number of hydrogen-bond donors (Lipinski definition) is 2. The Hall–Kier alpha value is -2.63. The summed E-state index contributed by atoms with van der Waals surface area (Å²) in [5.41, 5.74) is 8.22. The number of nitrogen functional groups attached to an aromatic ring is 1. The van der Waals surface area contributed by atoms with E-state index in [0.717, 1.165) is 11.3 Å². The molecule has 0 saturated carbocycles. The standard InChI is InChI=1S/C13H13N5O/c1-19-9-4-2-8(3-5-9)6-10-17-12(14)11-13(18-10)16-7-15-11/h2-5,7H,6H2,1H3,(H3,14,15,16,17,18). The van der Waals surface area contributed by atoms with Crippen LogP contribution in [0.4, 0.5) is 5.82 Å². The lowest BCUT2D eigenvalue weighted by Gasteiger charge is -2.04. The molecule has 6 nitrogen and oxygen atoms in total. The summed E-state index contributed by atoms with van der Waals surface area (Å²) >= 11 is 0. The molecule has 0 aliphatic rings. The highest BCUT2D eigenvalue weighted by Gasteiger charge is 2.08. The van der Waals surface area contributed by atoms with Gasteiger partial charge in [-0.15, -0.1) is 0 Å². The molecule has 0 amide bonds. The normalized spacial score (nSPS) is 10.8. The van der Waals surface area contributed by atoms with Gasteiger partial charge in [0, 0.05) is 6.42 Å². The fraction of sp³-hybridized carbons (Fsp3) is 0.154. The Kier molecular flexibility index (Phi) is 2.75. The highest BCUT2D eigenvalue weighted by molar-refractivity contribution is 5.80. The number of nitrogens with two attached hydrogens (primary N) is 1. The maximum absolute atomic E-state index is 5.85. The van der Waals surface area contributed by atoms with Gasteiger partial charge in [-0.05, 0) is 17.7 Å². The van der Waals surface area contributed by atoms with Crippen LogP contribution in [0, 0.1) is 0 Å². The first-order valence-corrected chi connectivity index (χ1v) is 5.84. The van der Waals surface area contributed by atoms with Gasteiger partial charge in [0.15, 0.2) is 11.5 Å². The number of fused-ring (bicyclic) bond motifs is 1. The van der Waals surface area contributed by atoms with Gasteiger partial charge in [0.2, 0.25) is 0 Å². The topological polar surface area (TPSA) is 89.7 Å². The Morgan fingerprint density at radius 3 is 2.74 bits per heavy atom. The Labute approximate surface area is 109 Å². The highest BCUT2D eigenvalue weighted by Crippen LogP contribution is 2.16. The van der Waals surface area contributed by atoms with Gasteiger partial charge in [0.05, 0.1) is 13.4 Å². The van der Waals surface area contributed by atoms with Crippen molar-refractivity contribution in [2.75, 3.05) is 12.8 Å². The van der Waals surface area contributed by atoms with E-state index < -0.39 is 0 Å². The summed E-state index contributed by atoms with van der Waals surface area (Å²) in [6.07, 6.45) is 2.18. The average Bonchev–Trinajstić information content (AvgIpc) is 2.88. The largest absolute Gasteiger partial charge is 0.497 e. The quantitative estimate of drug-likeness (QED) is 0.740. The molecule has 0 fully saturated rings. The van der Waals surface area contributed by atoms with E-state index in [1.807, 2.05) is 24.3 Å². The minimum Gasteiger partial charge on any atom is -0.497 e. The number of rotatable bonds is 3. The van der Waals surface area contributed by atoms with Gasteiger partial charge in [-0.3, -0.25) is 0 Å². The fourth-order valence-corrected chi connectivity index (χ4v) is 1.91. The predicted molar refractivity (Wildman–Crippen MR) is 71.9 cm³/mol. The van der Waals surface area contributed by atoms with Gasteiger partial charge in [0.1, 0.15) is 17.1 Å².